The third-order valence-electron chi connectivity index (χ3n) is 2.52. The first-order chi connectivity index (χ1) is 9.06. The molecule has 0 bridgehead atoms. The lowest BCUT2D eigenvalue weighted by Gasteiger charge is -2.08. The van der Waals surface area contributed by atoms with Crippen LogP contribution in [-0.2, 0) is 6.54 Å². The van der Waals surface area contributed by atoms with E-state index in [1.807, 2.05) is 0 Å². The van der Waals surface area contributed by atoms with Gasteiger partial charge in [-0.1, -0.05) is 11.6 Å². The van der Waals surface area contributed by atoms with Crippen LogP contribution in [0.25, 0.3) is 0 Å². The smallest absolute Gasteiger partial charge is 0.250 e. The summed E-state index contributed by atoms with van der Waals surface area (Å²) in [4.78, 5) is 15.1. The van der Waals surface area contributed by atoms with E-state index >= 15 is 0 Å². The topological polar surface area (TPSA) is 88.2 Å². The van der Waals surface area contributed by atoms with Gasteiger partial charge >= 0.3 is 0 Å². The number of carbonyl (C=O) groups excluding carboxylic acids is 1. The van der Waals surface area contributed by atoms with Crippen molar-refractivity contribution in [3.63, 3.8) is 0 Å². The van der Waals surface area contributed by atoms with Crippen LogP contribution in [0.15, 0.2) is 36.5 Å². The van der Waals surface area contributed by atoms with Crippen molar-refractivity contribution in [2.24, 2.45) is 5.73 Å². The monoisotopic (exact) mass is 277 g/mol. The highest BCUT2D eigenvalue weighted by Crippen LogP contribution is 2.21. The average molecular weight is 278 g/mol. The third kappa shape index (κ3) is 3.35. The number of hydrogen-bond donors (Lipinski definition) is 3. The van der Waals surface area contributed by atoms with E-state index in [9.17, 15) is 4.79 Å². The van der Waals surface area contributed by atoms with Gasteiger partial charge in [-0.05, 0) is 30.3 Å². The van der Waals surface area contributed by atoms with Crippen molar-refractivity contribution in [2.45, 2.75) is 6.54 Å². The van der Waals surface area contributed by atoms with Crippen molar-refractivity contribution in [1.82, 2.24) is 4.98 Å². The number of aromatic nitrogens is 1. The molecule has 1 aromatic carbocycles. The Morgan fingerprint density at radius 2 is 2.16 bits per heavy atom. The Hall–Kier alpha value is -2.27. The number of aromatic hydroxyl groups is 1. The minimum Gasteiger partial charge on any atom is -0.506 e. The number of pyridine rings is 1. The molecule has 0 aliphatic heterocycles. The van der Waals surface area contributed by atoms with E-state index in [1.165, 1.54) is 6.20 Å². The summed E-state index contributed by atoms with van der Waals surface area (Å²) in [6.45, 7) is 0.479. The summed E-state index contributed by atoms with van der Waals surface area (Å²) in [7, 11) is 0. The van der Waals surface area contributed by atoms with Crippen molar-refractivity contribution >= 4 is 23.2 Å². The van der Waals surface area contributed by atoms with Crippen molar-refractivity contribution in [2.75, 3.05) is 5.32 Å². The number of rotatable bonds is 4. The third-order valence-corrected chi connectivity index (χ3v) is 2.83. The zero-order valence-corrected chi connectivity index (χ0v) is 10.7. The van der Waals surface area contributed by atoms with Crippen LogP contribution < -0.4 is 11.1 Å². The molecule has 0 aliphatic rings. The number of anilines is 1. The van der Waals surface area contributed by atoms with E-state index in [4.69, 9.17) is 22.4 Å². The fraction of sp³-hybridized carbons (Fsp3) is 0.0769. The molecule has 2 rings (SSSR count). The Bertz CT molecular complexity index is 599. The lowest BCUT2D eigenvalue weighted by molar-refractivity contribution is 0.100. The predicted octanol–water partition coefficient (Wildman–Crippen LogP) is 2.15. The average Bonchev–Trinajstić information content (AvgIpc) is 2.37. The van der Waals surface area contributed by atoms with E-state index < -0.39 is 5.91 Å². The summed E-state index contributed by atoms with van der Waals surface area (Å²) in [6.07, 6.45) is 1.38. The molecule has 0 atom stereocenters. The summed E-state index contributed by atoms with van der Waals surface area (Å²) in [5, 5.41) is 12.5. The van der Waals surface area contributed by atoms with Gasteiger partial charge in [-0.15, -0.1) is 0 Å². The molecule has 0 aliphatic carbocycles. The van der Waals surface area contributed by atoms with Crippen LogP contribution in [0.3, 0.4) is 0 Å². The number of primary amides is 1. The van der Waals surface area contributed by atoms with Gasteiger partial charge in [0.1, 0.15) is 5.75 Å². The van der Waals surface area contributed by atoms with Crippen LogP contribution in [-0.4, -0.2) is 16.0 Å². The summed E-state index contributed by atoms with van der Waals surface area (Å²) in [5.41, 5.74) is 6.98. The van der Waals surface area contributed by atoms with Gasteiger partial charge in [-0.25, -0.2) is 0 Å². The fourth-order valence-electron chi connectivity index (χ4n) is 1.54. The first-order valence-electron chi connectivity index (χ1n) is 5.53. The lowest BCUT2D eigenvalue weighted by atomic mass is 10.2. The SMILES string of the molecule is NC(=O)c1ccc(NCc2ccc(O)cn2)cc1Cl. The quantitative estimate of drug-likeness (QED) is 0.799. The summed E-state index contributed by atoms with van der Waals surface area (Å²) >= 11 is 5.94. The molecule has 0 saturated heterocycles. The summed E-state index contributed by atoms with van der Waals surface area (Å²) < 4.78 is 0. The van der Waals surface area contributed by atoms with Crippen molar-refractivity contribution in [3.05, 3.63) is 52.8 Å². The zero-order chi connectivity index (χ0) is 13.8. The van der Waals surface area contributed by atoms with E-state index in [1.54, 1.807) is 30.3 Å². The van der Waals surface area contributed by atoms with Gasteiger partial charge in [-0.3, -0.25) is 9.78 Å². The second-order valence-corrected chi connectivity index (χ2v) is 4.33. The van der Waals surface area contributed by atoms with Crippen molar-refractivity contribution in [1.29, 1.82) is 0 Å². The van der Waals surface area contributed by atoms with E-state index in [0.717, 1.165) is 11.4 Å². The maximum atomic E-state index is 11.0. The molecule has 2 aromatic rings. The molecule has 0 spiro atoms. The second-order valence-electron chi connectivity index (χ2n) is 3.92. The van der Waals surface area contributed by atoms with E-state index in [-0.39, 0.29) is 11.3 Å². The maximum Gasteiger partial charge on any atom is 0.250 e. The maximum absolute atomic E-state index is 11.0. The van der Waals surface area contributed by atoms with Crippen molar-refractivity contribution in [3.8, 4) is 5.75 Å². The molecular weight excluding hydrogens is 266 g/mol. The molecular formula is C13H12ClN3O2. The predicted molar refractivity (Wildman–Crippen MR) is 73.2 cm³/mol. The Labute approximate surface area is 115 Å². The fourth-order valence-corrected chi connectivity index (χ4v) is 1.81. The minimum absolute atomic E-state index is 0.123. The zero-order valence-electron chi connectivity index (χ0n) is 9.93. The highest BCUT2D eigenvalue weighted by Gasteiger charge is 2.06. The van der Waals surface area contributed by atoms with Gasteiger partial charge in [0.05, 0.1) is 29.0 Å². The molecule has 4 N–H and O–H groups in total. The lowest BCUT2D eigenvalue weighted by Crippen LogP contribution is -2.11. The number of nitrogens with one attached hydrogen (secondary N) is 1. The van der Waals surface area contributed by atoms with Gasteiger partial charge in [0, 0.05) is 5.69 Å². The molecule has 19 heavy (non-hydrogen) atoms. The summed E-state index contributed by atoms with van der Waals surface area (Å²) in [5.74, 6) is -0.436. The molecule has 0 saturated carbocycles. The number of hydrogen-bond acceptors (Lipinski definition) is 4. The number of carbonyl (C=O) groups is 1. The van der Waals surface area contributed by atoms with Crippen LogP contribution in [0.4, 0.5) is 5.69 Å². The Balaban J connectivity index is 2.06. The molecule has 98 valence electrons. The van der Waals surface area contributed by atoms with Gasteiger partial charge in [0.15, 0.2) is 0 Å². The molecule has 0 radical (unpaired) electrons. The highest BCUT2D eigenvalue weighted by molar-refractivity contribution is 6.34. The summed E-state index contributed by atoms with van der Waals surface area (Å²) in [6, 6.07) is 8.18. The van der Waals surface area contributed by atoms with Gasteiger partial charge in [0.25, 0.3) is 0 Å². The van der Waals surface area contributed by atoms with Gasteiger partial charge < -0.3 is 16.2 Å². The standard InChI is InChI=1S/C13H12ClN3O2/c14-12-5-8(2-4-11(12)13(15)19)16-6-9-1-3-10(18)7-17-9/h1-5,7,16,18H,6H2,(H2,15,19). The Morgan fingerprint density at radius 3 is 2.74 bits per heavy atom. The Morgan fingerprint density at radius 1 is 1.37 bits per heavy atom. The van der Waals surface area contributed by atoms with Crippen LogP contribution in [0.5, 0.6) is 5.75 Å². The van der Waals surface area contributed by atoms with Crippen LogP contribution >= 0.6 is 11.6 Å². The molecule has 6 heteroatoms. The number of halogens is 1. The largest absolute Gasteiger partial charge is 0.506 e. The first-order valence-corrected chi connectivity index (χ1v) is 5.91. The first kappa shape index (κ1) is 13.2. The molecule has 1 heterocycles. The highest BCUT2D eigenvalue weighted by atomic mass is 35.5. The minimum atomic E-state index is -0.559. The molecule has 1 amide bonds. The number of nitrogens with two attached hydrogens (primary N) is 1. The van der Waals surface area contributed by atoms with Crippen LogP contribution in [0, 0.1) is 0 Å². The van der Waals surface area contributed by atoms with Crippen LogP contribution in [0.2, 0.25) is 5.02 Å². The molecule has 0 fully saturated rings. The van der Waals surface area contributed by atoms with E-state index in [0.29, 0.717) is 11.6 Å². The molecule has 1 aromatic heterocycles. The number of amides is 1. The number of nitrogens with zero attached hydrogens (tertiary/aromatic N) is 1. The molecule has 0 unspecified atom stereocenters. The normalized spacial score (nSPS) is 10.2. The van der Waals surface area contributed by atoms with Crippen molar-refractivity contribution < 1.29 is 9.90 Å². The number of benzene rings is 1. The second kappa shape index (κ2) is 5.58. The van der Waals surface area contributed by atoms with E-state index in [2.05, 4.69) is 10.3 Å². The van der Waals surface area contributed by atoms with Gasteiger partial charge in [0.2, 0.25) is 5.91 Å². The molecule has 5 nitrogen and oxygen atoms in total. The Kier molecular flexibility index (Phi) is 3.87. The van der Waals surface area contributed by atoms with Crippen LogP contribution in [0.1, 0.15) is 16.1 Å². The van der Waals surface area contributed by atoms with Gasteiger partial charge in [-0.2, -0.15) is 0 Å².